The molecule has 0 aliphatic carbocycles. The Balaban J connectivity index is 2.38. The average Bonchev–Trinajstić information content (AvgIpc) is 2.20. The maximum Gasteiger partial charge on any atom is 0.0195 e. The standard InChI is InChI=1S/C12H26N2/c1-5-7-13-8-9-14(10-12(13)4)11(3)6-2/h11-12H,5-10H2,1-4H3. The summed E-state index contributed by atoms with van der Waals surface area (Å²) >= 11 is 0. The first-order valence-corrected chi connectivity index (χ1v) is 6.17. The molecule has 0 aromatic carbocycles. The highest BCUT2D eigenvalue weighted by atomic mass is 15.3. The first-order chi connectivity index (χ1) is 6.69. The topological polar surface area (TPSA) is 6.48 Å². The molecular weight excluding hydrogens is 172 g/mol. The van der Waals surface area contributed by atoms with Crippen molar-refractivity contribution in [2.75, 3.05) is 26.2 Å². The van der Waals surface area contributed by atoms with E-state index in [0.717, 1.165) is 12.1 Å². The van der Waals surface area contributed by atoms with Crippen molar-refractivity contribution in [3.8, 4) is 0 Å². The van der Waals surface area contributed by atoms with E-state index in [9.17, 15) is 0 Å². The zero-order chi connectivity index (χ0) is 10.6. The molecule has 0 bridgehead atoms. The predicted molar refractivity (Wildman–Crippen MR) is 62.7 cm³/mol. The van der Waals surface area contributed by atoms with Crippen LogP contribution < -0.4 is 0 Å². The second-order valence-electron chi connectivity index (χ2n) is 4.64. The number of nitrogens with zero attached hydrogens (tertiary/aromatic N) is 2. The van der Waals surface area contributed by atoms with E-state index in [1.807, 2.05) is 0 Å². The molecule has 84 valence electrons. The van der Waals surface area contributed by atoms with E-state index in [4.69, 9.17) is 0 Å². The van der Waals surface area contributed by atoms with Crippen LogP contribution in [0.4, 0.5) is 0 Å². The number of rotatable bonds is 4. The van der Waals surface area contributed by atoms with E-state index in [2.05, 4.69) is 37.5 Å². The Morgan fingerprint density at radius 3 is 2.50 bits per heavy atom. The first-order valence-electron chi connectivity index (χ1n) is 6.17. The molecule has 2 nitrogen and oxygen atoms in total. The van der Waals surface area contributed by atoms with Gasteiger partial charge in [0.15, 0.2) is 0 Å². The molecule has 1 aliphatic heterocycles. The predicted octanol–water partition coefficient (Wildman–Crippen LogP) is 2.20. The minimum absolute atomic E-state index is 0.748. The summed E-state index contributed by atoms with van der Waals surface area (Å²) < 4.78 is 0. The zero-order valence-electron chi connectivity index (χ0n) is 10.3. The van der Waals surface area contributed by atoms with Gasteiger partial charge in [0.25, 0.3) is 0 Å². The molecule has 2 atom stereocenters. The Morgan fingerprint density at radius 1 is 1.29 bits per heavy atom. The molecule has 2 unspecified atom stereocenters. The van der Waals surface area contributed by atoms with Crippen molar-refractivity contribution >= 4 is 0 Å². The third kappa shape index (κ3) is 2.96. The Kier molecular flexibility index (Phi) is 4.90. The van der Waals surface area contributed by atoms with Crippen LogP contribution in [0.15, 0.2) is 0 Å². The summed E-state index contributed by atoms with van der Waals surface area (Å²) in [7, 11) is 0. The lowest BCUT2D eigenvalue weighted by Crippen LogP contribution is -2.54. The van der Waals surface area contributed by atoms with Crippen molar-refractivity contribution in [1.82, 2.24) is 9.80 Å². The van der Waals surface area contributed by atoms with Crippen molar-refractivity contribution in [2.24, 2.45) is 0 Å². The molecular formula is C12H26N2. The molecule has 0 N–H and O–H groups in total. The van der Waals surface area contributed by atoms with Crippen molar-refractivity contribution in [2.45, 2.75) is 52.6 Å². The molecule has 0 saturated carbocycles. The van der Waals surface area contributed by atoms with Crippen LogP contribution in [0, 0.1) is 0 Å². The van der Waals surface area contributed by atoms with Crippen LogP contribution in [-0.2, 0) is 0 Å². The van der Waals surface area contributed by atoms with E-state index < -0.39 is 0 Å². The molecule has 2 heteroatoms. The summed E-state index contributed by atoms with van der Waals surface area (Å²) in [4.78, 5) is 5.26. The van der Waals surface area contributed by atoms with Crippen molar-refractivity contribution < 1.29 is 0 Å². The van der Waals surface area contributed by atoms with Gasteiger partial charge in [-0.3, -0.25) is 9.80 Å². The van der Waals surface area contributed by atoms with Crippen LogP contribution in [0.1, 0.15) is 40.5 Å². The van der Waals surface area contributed by atoms with Crippen molar-refractivity contribution in [3.05, 3.63) is 0 Å². The lowest BCUT2D eigenvalue weighted by molar-refractivity contribution is 0.0592. The summed E-state index contributed by atoms with van der Waals surface area (Å²) in [6.45, 7) is 14.3. The van der Waals surface area contributed by atoms with Gasteiger partial charge < -0.3 is 0 Å². The Bertz CT molecular complexity index is 158. The molecule has 0 aromatic heterocycles. The molecule has 1 heterocycles. The maximum absolute atomic E-state index is 2.64. The van der Waals surface area contributed by atoms with Gasteiger partial charge >= 0.3 is 0 Å². The van der Waals surface area contributed by atoms with E-state index in [1.54, 1.807) is 0 Å². The lowest BCUT2D eigenvalue weighted by Gasteiger charge is -2.42. The quantitative estimate of drug-likeness (QED) is 0.683. The van der Waals surface area contributed by atoms with Gasteiger partial charge in [0, 0.05) is 31.7 Å². The monoisotopic (exact) mass is 198 g/mol. The molecule has 14 heavy (non-hydrogen) atoms. The van der Waals surface area contributed by atoms with Gasteiger partial charge in [0.2, 0.25) is 0 Å². The SMILES string of the molecule is CCCN1CCN(C(C)CC)CC1C. The smallest absolute Gasteiger partial charge is 0.0195 e. The van der Waals surface area contributed by atoms with Crippen LogP contribution in [0.25, 0.3) is 0 Å². The highest BCUT2D eigenvalue weighted by molar-refractivity contribution is 4.81. The fourth-order valence-electron chi connectivity index (χ4n) is 2.30. The minimum Gasteiger partial charge on any atom is -0.298 e. The van der Waals surface area contributed by atoms with E-state index in [0.29, 0.717) is 0 Å². The van der Waals surface area contributed by atoms with Crippen LogP contribution >= 0.6 is 0 Å². The van der Waals surface area contributed by atoms with Crippen molar-refractivity contribution in [3.63, 3.8) is 0 Å². The summed E-state index contributed by atoms with van der Waals surface area (Å²) in [6, 6.07) is 1.51. The number of hydrogen-bond donors (Lipinski definition) is 0. The Hall–Kier alpha value is -0.0800. The lowest BCUT2D eigenvalue weighted by atomic mass is 10.1. The van der Waals surface area contributed by atoms with E-state index in [1.165, 1.54) is 39.0 Å². The van der Waals surface area contributed by atoms with E-state index in [-0.39, 0.29) is 0 Å². The molecule has 0 amide bonds. The van der Waals surface area contributed by atoms with Gasteiger partial charge in [-0.05, 0) is 33.2 Å². The molecule has 0 spiro atoms. The van der Waals surface area contributed by atoms with Crippen LogP contribution in [-0.4, -0.2) is 48.1 Å². The largest absolute Gasteiger partial charge is 0.298 e. The van der Waals surface area contributed by atoms with Crippen LogP contribution in [0.5, 0.6) is 0 Å². The second kappa shape index (κ2) is 5.72. The highest BCUT2D eigenvalue weighted by Crippen LogP contribution is 2.13. The molecule has 0 radical (unpaired) electrons. The summed E-state index contributed by atoms with van der Waals surface area (Å²) in [5.41, 5.74) is 0. The number of piperazine rings is 1. The van der Waals surface area contributed by atoms with Gasteiger partial charge in [-0.25, -0.2) is 0 Å². The zero-order valence-corrected chi connectivity index (χ0v) is 10.3. The van der Waals surface area contributed by atoms with Gasteiger partial charge in [-0.1, -0.05) is 13.8 Å². The first kappa shape index (κ1) is 12.0. The molecule has 1 rings (SSSR count). The highest BCUT2D eigenvalue weighted by Gasteiger charge is 2.24. The van der Waals surface area contributed by atoms with Gasteiger partial charge in [-0.2, -0.15) is 0 Å². The minimum atomic E-state index is 0.748. The average molecular weight is 198 g/mol. The summed E-state index contributed by atoms with van der Waals surface area (Å²) in [6.07, 6.45) is 2.56. The molecule has 1 saturated heterocycles. The maximum atomic E-state index is 2.64. The second-order valence-corrected chi connectivity index (χ2v) is 4.64. The third-order valence-electron chi connectivity index (χ3n) is 3.52. The Morgan fingerprint density at radius 2 is 2.00 bits per heavy atom. The normalized spacial score (nSPS) is 27.9. The van der Waals surface area contributed by atoms with Crippen LogP contribution in [0.3, 0.4) is 0 Å². The van der Waals surface area contributed by atoms with Gasteiger partial charge in [0.05, 0.1) is 0 Å². The molecule has 0 aromatic rings. The van der Waals surface area contributed by atoms with Gasteiger partial charge in [0.1, 0.15) is 0 Å². The fourth-order valence-corrected chi connectivity index (χ4v) is 2.30. The summed E-state index contributed by atoms with van der Waals surface area (Å²) in [5.74, 6) is 0. The molecule has 1 aliphatic rings. The Labute approximate surface area is 89.3 Å². The molecule has 1 fully saturated rings. The summed E-state index contributed by atoms with van der Waals surface area (Å²) in [5, 5.41) is 0. The van der Waals surface area contributed by atoms with Gasteiger partial charge in [-0.15, -0.1) is 0 Å². The van der Waals surface area contributed by atoms with Crippen molar-refractivity contribution in [1.29, 1.82) is 0 Å². The fraction of sp³-hybridized carbons (Fsp3) is 1.00. The van der Waals surface area contributed by atoms with Crippen LogP contribution in [0.2, 0.25) is 0 Å². The van der Waals surface area contributed by atoms with E-state index >= 15 is 0 Å². The third-order valence-corrected chi connectivity index (χ3v) is 3.52. The number of hydrogen-bond acceptors (Lipinski definition) is 2.